The van der Waals surface area contributed by atoms with Crippen molar-refractivity contribution in [3.8, 4) is 23.0 Å². The Balaban J connectivity index is 2.03. The Morgan fingerprint density at radius 1 is 0.610 bits per heavy atom. The Morgan fingerprint density at radius 2 is 1.15 bits per heavy atom. The maximum atomic E-state index is 13.9. The van der Waals surface area contributed by atoms with Gasteiger partial charge < -0.3 is 24.8 Å². The summed E-state index contributed by atoms with van der Waals surface area (Å²) in [5.41, 5.74) is -2.04. The quantitative estimate of drug-likeness (QED) is 0.0766. The minimum absolute atomic E-state index is 0.0434. The van der Waals surface area contributed by atoms with Gasteiger partial charge in [-0.2, -0.15) is 0 Å². The summed E-state index contributed by atoms with van der Waals surface area (Å²) in [7, 11) is 0. The van der Waals surface area contributed by atoms with Crippen LogP contribution in [-0.2, 0) is 4.74 Å². The molecule has 0 saturated heterocycles. The van der Waals surface area contributed by atoms with Gasteiger partial charge in [-0.15, -0.1) is 0 Å². The van der Waals surface area contributed by atoms with E-state index < -0.39 is 57.4 Å². The molecule has 0 fully saturated rings. The number of hydrogen-bond acceptors (Lipinski definition) is 9. The molecule has 0 atom stereocenters. The third kappa shape index (κ3) is 6.09. The number of hydrogen-bond donors (Lipinski definition) is 3. The Hall–Kier alpha value is -5.44. The van der Waals surface area contributed by atoms with E-state index in [4.69, 9.17) is 9.47 Å². The van der Waals surface area contributed by atoms with Crippen LogP contribution in [0.2, 0.25) is 0 Å². The highest BCUT2D eigenvalue weighted by molar-refractivity contribution is 6.24. The topological polar surface area (TPSA) is 147 Å². The molecule has 0 unspecified atom stereocenters. The number of phenolic OH excluding ortho intramolecular Hbond substituents is 3. The van der Waals surface area contributed by atoms with Gasteiger partial charge in [-0.25, -0.2) is 9.59 Å². The number of benzene rings is 4. The Morgan fingerprint density at radius 3 is 1.73 bits per heavy atom. The van der Waals surface area contributed by atoms with Crippen molar-refractivity contribution >= 4 is 23.5 Å². The van der Waals surface area contributed by atoms with Crippen molar-refractivity contribution < 1.29 is 44.0 Å². The van der Waals surface area contributed by atoms with Gasteiger partial charge in [0, 0.05) is 11.1 Å². The second-order valence-electron chi connectivity index (χ2n) is 8.97. The van der Waals surface area contributed by atoms with Crippen LogP contribution in [0.1, 0.15) is 72.3 Å². The van der Waals surface area contributed by atoms with Crippen molar-refractivity contribution in [3.63, 3.8) is 0 Å². The minimum Gasteiger partial charge on any atom is -0.508 e. The predicted octanol–water partition coefficient (Wildman–Crippen LogP) is 5.44. The second-order valence-corrected chi connectivity index (χ2v) is 8.97. The molecule has 0 spiro atoms. The highest BCUT2D eigenvalue weighted by atomic mass is 16.5. The highest BCUT2D eigenvalue weighted by Gasteiger charge is 2.37. The first kappa shape index (κ1) is 28.6. The molecule has 0 amide bonds. The summed E-state index contributed by atoms with van der Waals surface area (Å²) in [6.07, 6.45) is 1.14. The van der Waals surface area contributed by atoms with Crippen LogP contribution in [0, 0.1) is 0 Å². The lowest BCUT2D eigenvalue weighted by atomic mass is 9.88. The Bertz CT molecular complexity index is 1590. The molecule has 4 aromatic rings. The summed E-state index contributed by atoms with van der Waals surface area (Å²) in [6, 6.07) is 20.2. The Kier molecular flexibility index (Phi) is 8.79. The summed E-state index contributed by atoms with van der Waals surface area (Å²) in [5, 5.41) is 31.9. The van der Waals surface area contributed by atoms with Crippen molar-refractivity contribution in [1.82, 2.24) is 0 Å². The molecular formula is C32H26O9. The van der Waals surface area contributed by atoms with Gasteiger partial charge in [0.05, 0.1) is 28.9 Å². The molecule has 0 aromatic heterocycles. The van der Waals surface area contributed by atoms with Crippen LogP contribution in [0.5, 0.6) is 23.0 Å². The molecule has 0 radical (unpaired) electrons. The van der Waals surface area contributed by atoms with Gasteiger partial charge in [-0.1, -0.05) is 61.9 Å². The number of ether oxygens (including phenoxy) is 2. The number of ketones is 2. The predicted molar refractivity (Wildman–Crippen MR) is 148 cm³/mol. The van der Waals surface area contributed by atoms with Gasteiger partial charge in [0.1, 0.15) is 5.75 Å². The highest BCUT2D eigenvalue weighted by Crippen LogP contribution is 2.46. The number of carbonyl (C=O) groups is 4. The smallest absolute Gasteiger partial charge is 0.343 e. The summed E-state index contributed by atoms with van der Waals surface area (Å²) >= 11 is 0. The summed E-state index contributed by atoms with van der Waals surface area (Å²) in [6.45, 7) is 1.80. The summed E-state index contributed by atoms with van der Waals surface area (Å²) < 4.78 is 10.8. The van der Waals surface area contributed by atoms with Crippen LogP contribution in [0.25, 0.3) is 0 Å². The zero-order valence-corrected chi connectivity index (χ0v) is 22.0. The van der Waals surface area contributed by atoms with E-state index in [0.29, 0.717) is 12.8 Å². The van der Waals surface area contributed by atoms with Crippen molar-refractivity contribution in [2.24, 2.45) is 0 Å². The van der Waals surface area contributed by atoms with Gasteiger partial charge >= 0.3 is 11.9 Å². The lowest BCUT2D eigenvalue weighted by Gasteiger charge is -2.20. The summed E-state index contributed by atoms with van der Waals surface area (Å²) in [4.78, 5) is 54.2. The first-order chi connectivity index (χ1) is 19.7. The number of carbonyl (C=O) groups excluding carboxylic acids is 4. The molecule has 41 heavy (non-hydrogen) atoms. The number of aromatic hydroxyl groups is 3. The molecular weight excluding hydrogens is 528 g/mol. The molecule has 0 aliphatic carbocycles. The van der Waals surface area contributed by atoms with Gasteiger partial charge in [0.2, 0.25) is 5.75 Å². The molecule has 0 aliphatic heterocycles. The van der Waals surface area contributed by atoms with Crippen LogP contribution < -0.4 is 4.74 Å². The molecule has 9 heteroatoms. The molecule has 0 saturated carbocycles. The molecule has 3 N–H and O–H groups in total. The second kappa shape index (κ2) is 12.6. The van der Waals surface area contributed by atoms with Crippen molar-refractivity contribution in [2.45, 2.75) is 19.8 Å². The third-order valence-corrected chi connectivity index (χ3v) is 6.16. The number of unbranched alkanes of at least 4 members (excludes halogenated alkanes) is 1. The van der Waals surface area contributed by atoms with Crippen LogP contribution in [-0.4, -0.2) is 45.4 Å². The first-order valence-electron chi connectivity index (χ1n) is 12.7. The standard InChI is InChI=1S/C32H26O9/c1-2-3-18-40-32(39)23-24(26(34)19-10-6-4-7-11-19)28(36)29(37)30(41-31(38)21-12-8-5-9-13-21)25(23)27(35)20-14-16-22(33)17-15-20/h4-17,33,36-37H,2-3,18H2,1H3. The Labute approximate surface area is 235 Å². The van der Waals surface area contributed by atoms with Gasteiger partial charge in [-0.3, -0.25) is 9.59 Å². The normalized spacial score (nSPS) is 10.6. The van der Waals surface area contributed by atoms with Gasteiger partial charge in [0.25, 0.3) is 0 Å². The lowest BCUT2D eigenvalue weighted by Crippen LogP contribution is -2.22. The fraction of sp³-hybridized carbons (Fsp3) is 0.125. The van der Waals surface area contributed by atoms with Crippen LogP contribution in [0.3, 0.4) is 0 Å². The average Bonchev–Trinajstić information content (AvgIpc) is 3.00. The third-order valence-electron chi connectivity index (χ3n) is 6.16. The van der Waals surface area contributed by atoms with E-state index >= 15 is 0 Å². The molecule has 9 nitrogen and oxygen atoms in total. The van der Waals surface area contributed by atoms with Gasteiger partial charge in [0.15, 0.2) is 23.1 Å². The molecule has 208 valence electrons. The molecule has 0 aliphatic rings. The molecule has 0 bridgehead atoms. The van der Waals surface area contributed by atoms with Gasteiger partial charge in [-0.05, 0) is 42.8 Å². The molecule has 4 rings (SSSR count). The van der Waals surface area contributed by atoms with E-state index in [-0.39, 0.29) is 29.0 Å². The van der Waals surface area contributed by atoms with Crippen LogP contribution >= 0.6 is 0 Å². The van der Waals surface area contributed by atoms with Crippen LogP contribution in [0.15, 0.2) is 84.9 Å². The van der Waals surface area contributed by atoms with E-state index in [1.807, 2.05) is 6.92 Å². The van der Waals surface area contributed by atoms with Crippen molar-refractivity contribution in [1.29, 1.82) is 0 Å². The van der Waals surface area contributed by atoms with E-state index in [9.17, 15) is 34.5 Å². The average molecular weight is 555 g/mol. The van der Waals surface area contributed by atoms with E-state index in [2.05, 4.69) is 0 Å². The fourth-order valence-electron chi connectivity index (χ4n) is 4.04. The van der Waals surface area contributed by atoms with E-state index in [1.54, 1.807) is 36.4 Å². The van der Waals surface area contributed by atoms with E-state index in [0.717, 1.165) is 0 Å². The zero-order valence-electron chi connectivity index (χ0n) is 22.0. The maximum absolute atomic E-state index is 13.9. The van der Waals surface area contributed by atoms with Crippen LogP contribution in [0.4, 0.5) is 0 Å². The lowest BCUT2D eigenvalue weighted by molar-refractivity contribution is 0.0491. The van der Waals surface area contributed by atoms with Crippen molar-refractivity contribution in [2.75, 3.05) is 6.61 Å². The number of rotatable bonds is 10. The SMILES string of the molecule is CCCCOC(=O)c1c(C(=O)c2ccccc2)c(O)c(O)c(OC(=O)c2ccccc2)c1C(=O)c1ccc(O)cc1. The molecule has 4 aromatic carbocycles. The largest absolute Gasteiger partial charge is 0.508 e. The zero-order chi connectivity index (χ0) is 29.5. The number of phenols is 3. The number of esters is 2. The van der Waals surface area contributed by atoms with Crippen molar-refractivity contribution in [3.05, 3.63) is 118 Å². The maximum Gasteiger partial charge on any atom is 0.343 e. The van der Waals surface area contributed by atoms with E-state index in [1.165, 1.54) is 48.5 Å². The summed E-state index contributed by atoms with van der Waals surface area (Å²) in [5.74, 6) is -7.13. The molecule has 0 heterocycles. The minimum atomic E-state index is -1.15. The monoisotopic (exact) mass is 554 g/mol. The first-order valence-corrected chi connectivity index (χ1v) is 12.7. The fourth-order valence-corrected chi connectivity index (χ4v) is 4.04.